The molecule has 152 valence electrons. The van der Waals surface area contributed by atoms with Crippen LogP contribution in [0, 0.1) is 0 Å². The standard InChI is InChI=1S/C20H28N6O.HI/c1-3-21-19(24-12-9-17-5-7-18(27-2)8-6-17)25-13-15-26(16-14-25)20-22-10-4-11-23-20;/h4-8,10-11H,3,9,12-16H2,1-2H3,(H,21,24);1H. The molecule has 1 aromatic carbocycles. The average Bonchev–Trinajstić information content (AvgIpc) is 2.74. The third kappa shape index (κ3) is 6.22. The molecule has 1 saturated heterocycles. The number of rotatable bonds is 6. The number of guanidine groups is 1. The van der Waals surface area contributed by atoms with E-state index in [-0.39, 0.29) is 24.0 Å². The van der Waals surface area contributed by atoms with Crippen molar-refractivity contribution in [1.82, 2.24) is 20.2 Å². The van der Waals surface area contributed by atoms with E-state index in [0.717, 1.165) is 63.3 Å². The van der Waals surface area contributed by atoms with Crippen LogP contribution < -0.4 is 15.0 Å². The fourth-order valence-corrected chi connectivity index (χ4v) is 3.08. The van der Waals surface area contributed by atoms with Crippen LogP contribution in [0.15, 0.2) is 47.7 Å². The van der Waals surface area contributed by atoms with Crippen LogP contribution in [-0.2, 0) is 6.42 Å². The Labute approximate surface area is 184 Å². The third-order valence-corrected chi connectivity index (χ3v) is 4.57. The van der Waals surface area contributed by atoms with Crippen molar-refractivity contribution in [2.45, 2.75) is 13.3 Å². The molecule has 7 nitrogen and oxygen atoms in total. The molecule has 1 aliphatic heterocycles. The molecule has 0 atom stereocenters. The van der Waals surface area contributed by atoms with Gasteiger partial charge in [0.1, 0.15) is 5.75 Å². The summed E-state index contributed by atoms with van der Waals surface area (Å²) < 4.78 is 5.21. The van der Waals surface area contributed by atoms with E-state index < -0.39 is 0 Å². The number of benzene rings is 1. The number of nitrogens with one attached hydrogen (secondary N) is 1. The predicted octanol–water partition coefficient (Wildman–Crippen LogP) is 2.43. The maximum Gasteiger partial charge on any atom is 0.225 e. The zero-order valence-electron chi connectivity index (χ0n) is 16.5. The van der Waals surface area contributed by atoms with Gasteiger partial charge in [0, 0.05) is 51.7 Å². The van der Waals surface area contributed by atoms with Gasteiger partial charge >= 0.3 is 0 Å². The zero-order valence-corrected chi connectivity index (χ0v) is 18.9. The van der Waals surface area contributed by atoms with Crippen LogP contribution in [0.3, 0.4) is 0 Å². The highest BCUT2D eigenvalue weighted by Gasteiger charge is 2.20. The minimum Gasteiger partial charge on any atom is -0.497 e. The Hall–Kier alpha value is -2.10. The molecule has 0 spiro atoms. The third-order valence-electron chi connectivity index (χ3n) is 4.57. The minimum atomic E-state index is 0. The van der Waals surface area contributed by atoms with E-state index in [1.54, 1.807) is 19.5 Å². The Morgan fingerprint density at radius 1 is 1.11 bits per heavy atom. The van der Waals surface area contributed by atoms with Gasteiger partial charge in [-0.1, -0.05) is 12.1 Å². The molecule has 0 radical (unpaired) electrons. The van der Waals surface area contributed by atoms with E-state index in [0.29, 0.717) is 0 Å². The molecule has 28 heavy (non-hydrogen) atoms. The van der Waals surface area contributed by atoms with E-state index >= 15 is 0 Å². The Kier molecular flexibility index (Phi) is 9.26. The molecule has 0 saturated carbocycles. The molecule has 1 N–H and O–H groups in total. The Morgan fingerprint density at radius 2 is 1.79 bits per heavy atom. The molecular formula is C20H29IN6O. The molecule has 3 rings (SSSR count). The summed E-state index contributed by atoms with van der Waals surface area (Å²) in [4.78, 5) is 18.1. The van der Waals surface area contributed by atoms with Gasteiger partial charge in [0.15, 0.2) is 5.96 Å². The summed E-state index contributed by atoms with van der Waals surface area (Å²) >= 11 is 0. The number of anilines is 1. The number of aromatic nitrogens is 2. The van der Waals surface area contributed by atoms with Crippen LogP contribution in [0.5, 0.6) is 5.75 Å². The molecule has 8 heteroatoms. The van der Waals surface area contributed by atoms with Crippen molar-refractivity contribution in [2.24, 2.45) is 4.99 Å². The summed E-state index contributed by atoms with van der Waals surface area (Å²) in [6.07, 6.45) is 4.50. The lowest BCUT2D eigenvalue weighted by atomic mass is 10.1. The van der Waals surface area contributed by atoms with Gasteiger partial charge in [-0.05, 0) is 37.1 Å². The predicted molar refractivity (Wildman–Crippen MR) is 124 cm³/mol. The van der Waals surface area contributed by atoms with Crippen molar-refractivity contribution >= 4 is 35.9 Å². The van der Waals surface area contributed by atoms with E-state index in [2.05, 4.69) is 44.1 Å². The fourth-order valence-electron chi connectivity index (χ4n) is 3.08. The normalized spacial score (nSPS) is 14.4. The molecule has 0 amide bonds. The molecular weight excluding hydrogens is 467 g/mol. The van der Waals surface area contributed by atoms with Gasteiger partial charge in [0.25, 0.3) is 0 Å². The van der Waals surface area contributed by atoms with Crippen LogP contribution in [0.1, 0.15) is 12.5 Å². The summed E-state index contributed by atoms with van der Waals surface area (Å²) in [5.41, 5.74) is 1.27. The first-order valence-corrected chi connectivity index (χ1v) is 9.48. The van der Waals surface area contributed by atoms with E-state index in [1.807, 2.05) is 18.2 Å². The first-order valence-electron chi connectivity index (χ1n) is 9.48. The van der Waals surface area contributed by atoms with Crippen molar-refractivity contribution in [3.05, 3.63) is 48.3 Å². The van der Waals surface area contributed by atoms with Crippen LogP contribution in [0.25, 0.3) is 0 Å². The maximum absolute atomic E-state index is 5.21. The summed E-state index contributed by atoms with van der Waals surface area (Å²) in [5, 5.41) is 3.42. The molecule has 1 aromatic heterocycles. The van der Waals surface area contributed by atoms with Gasteiger partial charge in [0.2, 0.25) is 5.95 Å². The lowest BCUT2D eigenvalue weighted by Gasteiger charge is -2.36. The summed E-state index contributed by atoms with van der Waals surface area (Å²) in [6, 6.07) is 10.0. The van der Waals surface area contributed by atoms with Crippen LogP contribution in [0.4, 0.5) is 5.95 Å². The first kappa shape index (κ1) is 22.2. The fraction of sp³-hybridized carbons (Fsp3) is 0.450. The van der Waals surface area contributed by atoms with E-state index in [4.69, 9.17) is 9.73 Å². The van der Waals surface area contributed by atoms with Gasteiger partial charge in [-0.3, -0.25) is 4.99 Å². The highest BCUT2D eigenvalue weighted by atomic mass is 127. The van der Waals surface area contributed by atoms with Gasteiger partial charge < -0.3 is 19.9 Å². The number of ether oxygens (including phenoxy) is 1. The highest BCUT2D eigenvalue weighted by Crippen LogP contribution is 2.12. The molecule has 2 heterocycles. The second-order valence-electron chi connectivity index (χ2n) is 6.36. The second kappa shape index (κ2) is 11.7. The van der Waals surface area contributed by atoms with Crippen molar-refractivity contribution < 1.29 is 4.74 Å². The summed E-state index contributed by atoms with van der Waals surface area (Å²) in [5.74, 6) is 2.68. The second-order valence-corrected chi connectivity index (χ2v) is 6.36. The molecule has 2 aromatic rings. The lowest BCUT2D eigenvalue weighted by molar-refractivity contribution is 0.370. The molecule has 0 aliphatic carbocycles. The smallest absolute Gasteiger partial charge is 0.225 e. The van der Waals surface area contributed by atoms with Crippen molar-refractivity contribution in [1.29, 1.82) is 0 Å². The SMILES string of the molecule is CCNC(=NCCc1ccc(OC)cc1)N1CCN(c2ncccn2)CC1.I. The lowest BCUT2D eigenvalue weighted by Crippen LogP contribution is -2.53. The molecule has 0 bridgehead atoms. The van der Waals surface area contributed by atoms with E-state index in [9.17, 15) is 0 Å². The van der Waals surface area contributed by atoms with Gasteiger partial charge in [-0.15, -0.1) is 24.0 Å². The molecule has 1 fully saturated rings. The van der Waals surface area contributed by atoms with Gasteiger partial charge in [0.05, 0.1) is 7.11 Å². The number of nitrogens with zero attached hydrogens (tertiary/aromatic N) is 5. The summed E-state index contributed by atoms with van der Waals surface area (Å²) in [6.45, 7) is 7.34. The number of halogens is 1. The number of hydrogen-bond donors (Lipinski definition) is 1. The highest BCUT2D eigenvalue weighted by molar-refractivity contribution is 14.0. The number of hydrogen-bond acceptors (Lipinski definition) is 5. The largest absolute Gasteiger partial charge is 0.497 e. The van der Waals surface area contributed by atoms with Crippen molar-refractivity contribution in [3.63, 3.8) is 0 Å². The quantitative estimate of drug-likeness (QED) is 0.377. The maximum atomic E-state index is 5.21. The minimum absolute atomic E-state index is 0. The monoisotopic (exact) mass is 496 g/mol. The van der Waals surface area contributed by atoms with Crippen LogP contribution in [0.2, 0.25) is 0 Å². The van der Waals surface area contributed by atoms with Gasteiger partial charge in [-0.25, -0.2) is 9.97 Å². The van der Waals surface area contributed by atoms with Crippen LogP contribution >= 0.6 is 24.0 Å². The molecule has 0 unspecified atom stereocenters. The number of aliphatic imine (C=N–C) groups is 1. The number of piperazine rings is 1. The Bertz CT molecular complexity index is 717. The zero-order chi connectivity index (χ0) is 18.9. The Morgan fingerprint density at radius 3 is 2.39 bits per heavy atom. The first-order chi connectivity index (χ1) is 13.3. The topological polar surface area (TPSA) is 65.9 Å². The van der Waals surface area contributed by atoms with Crippen LogP contribution in [-0.4, -0.2) is 67.2 Å². The van der Waals surface area contributed by atoms with Crippen molar-refractivity contribution in [3.8, 4) is 5.75 Å². The Balaban J connectivity index is 0.00000280. The average molecular weight is 496 g/mol. The van der Waals surface area contributed by atoms with Crippen molar-refractivity contribution in [2.75, 3.05) is 51.3 Å². The number of methoxy groups -OCH3 is 1. The van der Waals surface area contributed by atoms with E-state index in [1.165, 1.54) is 5.56 Å². The van der Waals surface area contributed by atoms with Gasteiger partial charge in [-0.2, -0.15) is 0 Å². The summed E-state index contributed by atoms with van der Waals surface area (Å²) in [7, 11) is 1.69. The molecule has 1 aliphatic rings.